The maximum absolute atomic E-state index is 4.31. The quantitative estimate of drug-likeness (QED) is 0.739. The lowest BCUT2D eigenvalue weighted by Crippen LogP contribution is -2.33. The molecule has 1 aliphatic heterocycles. The molecule has 0 spiro atoms. The van der Waals surface area contributed by atoms with Gasteiger partial charge in [0.05, 0.1) is 6.20 Å². The van der Waals surface area contributed by atoms with Crippen LogP contribution in [0.1, 0.15) is 42.0 Å². The molecule has 136 valence electrons. The number of aliphatic imine (C=N–C) groups is 1. The molecule has 0 saturated carbocycles. The molecule has 0 aromatic carbocycles. The molecule has 1 N–H and O–H groups in total. The predicted octanol–water partition coefficient (Wildman–Crippen LogP) is 3.74. The number of piperidine rings is 1. The molecule has 0 bridgehead atoms. The number of nitrogens with one attached hydrogen (secondary N) is 1. The summed E-state index contributed by atoms with van der Waals surface area (Å²) < 4.78 is 0. The van der Waals surface area contributed by atoms with Gasteiger partial charge in [-0.2, -0.15) is 5.10 Å². The van der Waals surface area contributed by atoms with Crippen LogP contribution in [-0.2, 0) is 6.42 Å². The SMILES string of the molecule is C=C/C=N\C=C/CCN1CCC(c2[nH]ncc2Cc2ccncc2)CC1. The molecule has 0 radical (unpaired) electrons. The minimum absolute atomic E-state index is 0.582. The Morgan fingerprint density at radius 1 is 1.27 bits per heavy atom. The minimum Gasteiger partial charge on any atom is -0.303 e. The van der Waals surface area contributed by atoms with E-state index in [2.05, 4.69) is 49.9 Å². The summed E-state index contributed by atoms with van der Waals surface area (Å²) in [6.45, 7) is 6.99. The van der Waals surface area contributed by atoms with Crippen molar-refractivity contribution >= 4 is 6.21 Å². The van der Waals surface area contributed by atoms with Crippen molar-refractivity contribution in [2.75, 3.05) is 19.6 Å². The fourth-order valence-corrected chi connectivity index (χ4v) is 3.48. The van der Waals surface area contributed by atoms with Crippen molar-refractivity contribution < 1.29 is 0 Å². The number of likely N-dealkylation sites (tertiary alicyclic amines) is 1. The van der Waals surface area contributed by atoms with Crippen molar-refractivity contribution in [2.24, 2.45) is 4.99 Å². The number of aromatic amines is 1. The Kier molecular flexibility index (Phi) is 6.90. The lowest BCUT2D eigenvalue weighted by molar-refractivity contribution is 0.214. The predicted molar refractivity (Wildman–Crippen MR) is 106 cm³/mol. The number of hydrogen-bond donors (Lipinski definition) is 1. The number of pyridine rings is 1. The molecule has 0 unspecified atom stereocenters. The number of hydrogen-bond acceptors (Lipinski definition) is 4. The Balaban J connectivity index is 1.48. The van der Waals surface area contributed by atoms with Crippen molar-refractivity contribution in [1.29, 1.82) is 0 Å². The highest BCUT2D eigenvalue weighted by Gasteiger charge is 2.23. The van der Waals surface area contributed by atoms with Crippen LogP contribution in [-0.4, -0.2) is 45.9 Å². The highest BCUT2D eigenvalue weighted by Crippen LogP contribution is 2.29. The summed E-state index contributed by atoms with van der Waals surface area (Å²) >= 11 is 0. The van der Waals surface area contributed by atoms with Crippen LogP contribution in [0, 0.1) is 0 Å². The first-order valence-electron chi connectivity index (χ1n) is 9.29. The summed E-state index contributed by atoms with van der Waals surface area (Å²) in [7, 11) is 0. The van der Waals surface area contributed by atoms with Crippen LogP contribution >= 0.6 is 0 Å². The number of nitrogens with zero attached hydrogens (tertiary/aromatic N) is 4. The second kappa shape index (κ2) is 9.82. The van der Waals surface area contributed by atoms with Gasteiger partial charge in [-0.1, -0.05) is 18.7 Å². The molecule has 5 heteroatoms. The van der Waals surface area contributed by atoms with Gasteiger partial charge in [0.1, 0.15) is 0 Å². The van der Waals surface area contributed by atoms with Crippen molar-refractivity contribution in [2.45, 2.75) is 31.6 Å². The van der Waals surface area contributed by atoms with Crippen molar-refractivity contribution in [3.63, 3.8) is 0 Å². The van der Waals surface area contributed by atoms with Crippen LogP contribution in [0.4, 0.5) is 0 Å². The van der Waals surface area contributed by atoms with Gasteiger partial charge in [-0.05, 0) is 55.6 Å². The zero-order valence-corrected chi connectivity index (χ0v) is 15.2. The van der Waals surface area contributed by atoms with Gasteiger partial charge in [0, 0.05) is 49.4 Å². The topological polar surface area (TPSA) is 57.2 Å². The second-order valence-electron chi connectivity index (χ2n) is 6.66. The average molecular weight is 349 g/mol. The van der Waals surface area contributed by atoms with E-state index in [4.69, 9.17) is 0 Å². The Hall–Kier alpha value is -2.53. The van der Waals surface area contributed by atoms with E-state index < -0.39 is 0 Å². The molecule has 1 saturated heterocycles. The summed E-state index contributed by atoms with van der Waals surface area (Å²) in [5.74, 6) is 0.582. The summed E-state index contributed by atoms with van der Waals surface area (Å²) in [4.78, 5) is 10.7. The lowest BCUT2D eigenvalue weighted by atomic mass is 9.90. The summed E-state index contributed by atoms with van der Waals surface area (Å²) in [6.07, 6.45) is 17.4. The van der Waals surface area contributed by atoms with E-state index in [1.807, 2.05) is 24.8 Å². The number of allylic oxidation sites excluding steroid dienone is 1. The van der Waals surface area contributed by atoms with Crippen molar-refractivity contribution in [3.8, 4) is 0 Å². The molecule has 2 aromatic rings. The zero-order chi connectivity index (χ0) is 18.0. The van der Waals surface area contributed by atoms with Crippen LogP contribution < -0.4 is 0 Å². The molecule has 0 aliphatic carbocycles. The largest absolute Gasteiger partial charge is 0.303 e. The van der Waals surface area contributed by atoms with Gasteiger partial charge in [0.15, 0.2) is 0 Å². The summed E-state index contributed by atoms with van der Waals surface area (Å²) in [5, 5.41) is 7.58. The molecule has 0 atom stereocenters. The minimum atomic E-state index is 0.582. The maximum Gasteiger partial charge on any atom is 0.0525 e. The van der Waals surface area contributed by atoms with E-state index in [-0.39, 0.29) is 0 Å². The highest BCUT2D eigenvalue weighted by molar-refractivity contribution is 5.70. The Bertz CT molecular complexity index is 724. The molecule has 26 heavy (non-hydrogen) atoms. The average Bonchev–Trinajstić information content (AvgIpc) is 3.14. The van der Waals surface area contributed by atoms with Crippen LogP contribution in [0.2, 0.25) is 0 Å². The molecule has 2 aromatic heterocycles. The van der Waals surface area contributed by atoms with Crippen LogP contribution in [0.5, 0.6) is 0 Å². The summed E-state index contributed by atoms with van der Waals surface area (Å²) in [5.41, 5.74) is 3.92. The third-order valence-corrected chi connectivity index (χ3v) is 4.89. The second-order valence-corrected chi connectivity index (χ2v) is 6.66. The van der Waals surface area contributed by atoms with Gasteiger partial charge in [0.25, 0.3) is 0 Å². The first-order chi connectivity index (χ1) is 12.9. The molecular formula is C21H27N5. The molecule has 3 heterocycles. The fraction of sp³-hybridized carbons (Fsp3) is 0.381. The van der Waals surface area contributed by atoms with Crippen LogP contribution in [0.15, 0.2) is 60.6 Å². The van der Waals surface area contributed by atoms with E-state index in [9.17, 15) is 0 Å². The smallest absolute Gasteiger partial charge is 0.0525 e. The third kappa shape index (κ3) is 5.23. The Labute approximate surface area is 155 Å². The van der Waals surface area contributed by atoms with Gasteiger partial charge < -0.3 is 4.90 Å². The number of rotatable bonds is 8. The Morgan fingerprint density at radius 3 is 2.85 bits per heavy atom. The van der Waals surface area contributed by atoms with E-state index in [0.717, 1.165) is 32.5 Å². The summed E-state index contributed by atoms with van der Waals surface area (Å²) in [6, 6.07) is 4.15. The molecule has 1 fully saturated rings. The highest BCUT2D eigenvalue weighted by atomic mass is 15.1. The molecule has 3 rings (SSSR count). The monoisotopic (exact) mass is 349 g/mol. The number of aromatic nitrogens is 3. The van der Waals surface area contributed by atoms with Crippen LogP contribution in [0.3, 0.4) is 0 Å². The van der Waals surface area contributed by atoms with E-state index in [1.54, 1.807) is 12.3 Å². The van der Waals surface area contributed by atoms with Gasteiger partial charge in [-0.25, -0.2) is 0 Å². The third-order valence-electron chi connectivity index (χ3n) is 4.89. The van der Waals surface area contributed by atoms with Gasteiger partial charge in [-0.15, -0.1) is 0 Å². The number of H-pyrrole nitrogens is 1. The van der Waals surface area contributed by atoms with E-state index >= 15 is 0 Å². The molecular weight excluding hydrogens is 322 g/mol. The first-order valence-corrected chi connectivity index (χ1v) is 9.29. The van der Waals surface area contributed by atoms with Gasteiger partial charge in [-0.3, -0.25) is 15.1 Å². The van der Waals surface area contributed by atoms with Crippen molar-refractivity contribution in [3.05, 3.63) is 72.5 Å². The fourth-order valence-electron chi connectivity index (χ4n) is 3.48. The molecule has 5 nitrogen and oxygen atoms in total. The normalized spacial score (nSPS) is 16.6. The van der Waals surface area contributed by atoms with E-state index in [1.165, 1.54) is 29.7 Å². The van der Waals surface area contributed by atoms with Crippen molar-refractivity contribution in [1.82, 2.24) is 20.1 Å². The van der Waals surface area contributed by atoms with Gasteiger partial charge in [0.2, 0.25) is 0 Å². The first kappa shape index (κ1) is 18.3. The van der Waals surface area contributed by atoms with Crippen LogP contribution in [0.25, 0.3) is 0 Å². The molecule has 1 aliphatic rings. The zero-order valence-electron chi connectivity index (χ0n) is 15.2. The van der Waals surface area contributed by atoms with E-state index in [0.29, 0.717) is 5.92 Å². The Morgan fingerprint density at radius 2 is 2.08 bits per heavy atom. The lowest BCUT2D eigenvalue weighted by Gasteiger charge is -2.31. The standard InChI is InChI=1S/C21H27N5/c1-2-9-22-10-3-4-13-26-14-7-19(8-15-26)21-20(17-24-25-21)16-18-5-11-23-12-6-18/h2-3,5-6,9-12,17,19H,1,4,7-8,13-16H2,(H,24,25)/b10-3-,22-9-. The van der Waals surface area contributed by atoms with Gasteiger partial charge >= 0.3 is 0 Å². The molecule has 0 amide bonds. The maximum atomic E-state index is 4.31.